The van der Waals surface area contributed by atoms with Gasteiger partial charge in [-0.25, -0.2) is 4.98 Å². The number of fused-ring (bicyclic) bond motifs is 1. The summed E-state index contributed by atoms with van der Waals surface area (Å²) < 4.78 is 6.89. The van der Waals surface area contributed by atoms with Crippen molar-refractivity contribution in [1.82, 2.24) is 24.5 Å². The van der Waals surface area contributed by atoms with Crippen LogP contribution in [0.15, 0.2) is 24.3 Å². The van der Waals surface area contributed by atoms with E-state index in [0.29, 0.717) is 24.5 Å². The molecule has 1 aromatic carbocycles. The molecule has 8 nitrogen and oxygen atoms in total. The molecule has 0 spiro atoms. The number of piperidine rings is 1. The molecule has 1 aliphatic heterocycles. The van der Waals surface area contributed by atoms with Crippen molar-refractivity contribution >= 4 is 17.6 Å². The fourth-order valence-electron chi connectivity index (χ4n) is 4.61. The van der Waals surface area contributed by atoms with E-state index in [1.54, 1.807) is 11.6 Å². The first kappa shape index (κ1) is 22.0. The lowest BCUT2D eigenvalue weighted by atomic mass is 9.90. The highest BCUT2D eigenvalue weighted by Gasteiger charge is 2.23. The molecule has 2 N–H and O–H groups in total. The second-order valence-electron chi connectivity index (χ2n) is 8.65. The van der Waals surface area contributed by atoms with E-state index in [2.05, 4.69) is 27.2 Å². The van der Waals surface area contributed by atoms with Crippen LogP contribution in [0.3, 0.4) is 0 Å². The Labute approximate surface area is 188 Å². The van der Waals surface area contributed by atoms with Gasteiger partial charge < -0.3 is 15.4 Å². The van der Waals surface area contributed by atoms with Crippen LogP contribution in [0.25, 0.3) is 5.78 Å². The summed E-state index contributed by atoms with van der Waals surface area (Å²) in [7, 11) is 1.69. The molecule has 1 amide bonds. The number of anilines is 1. The van der Waals surface area contributed by atoms with E-state index in [9.17, 15) is 4.79 Å². The van der Waals surface area contributed by atoms with Crippen LogP contribution in [0.4, 0.5) is 5.95 Å². The first-order valence-corrected chi connectivity index (χ1v) is 11.3. The summed E-state index contributed by atoms with van der Waals surface area (Å²) in [4.78, 5) is 23.5. The second kappa shape index (κ2) is 9.54. The van der Waals surface area contributed by atoms with Gasteiger partial charge in [0.25, 0.3) is 5.78 Å². The number of nitrogen functional groups attached to an aromatic ring is 1. The van der Waals surface area contributed by atoms with Crippen LogP contribution in [0, 0.1) is 19.8 Å². The number of rotatable bonds is 7. The normalized spacial score (nSPS) is 14.8. The number of hydrogen-bond donors (Lipinski definition) is 1. The molecule has 1 saturated heterocycles. The number of methoxy groups -OCH3 is 1. The van der Waals surface area contributed by atoms with Crippen molar-refractivity contribution in [3.8, 4) is 5.75 Å². The summed E-state index contributed by atoms with van der Waals surface area (Å²) in [5.74, 6) is 2.50. The number of ether oxygens (including phenoxy) is 1. The Bertz CT molecular complexity index is 1080. The molecule has 0 saturated carbocycles. The largest absolute Gasteiger partial charge is 0.497 e. The smallest absolute Gasteiger partial charge is 0.254 e. The average Bonchev–Trinajstić information content (AvgIpc) is 3.18. The summed E-state index contributed by atoms with van der Waals surface area (Å²) in [5, 5.41) is 4.21. The molecule has 32 heavy (non-hydrogen) atoms. The van der Waals surface area contributed by atoms with E-state index in [1.807, 2.05) is 30.9 Å². The monoisotopic (exact) mass is 436 g/mol. The van der Waals surface area contributed by atoms with Gasteiger partial charge in [0, 0.05) is 30.9 Å². The summed E-state index contributed by atoms with van der Waals surface area (Å²) in [6, 6.07) is 8.32. The zero-order valence-electron chi connectivity index (χ0n) is 19.2. The van der Waals surface area contributed by atoms with Crippen molar-refractivity contribution in [2.45, 2.75) is 52.4 Å². The third kappa shape index (κ3) is 4.84. The minimum Gasteiger partial charge on any atom is -0.497 e. The van der Waals surface area contributed by atoms with Gasteiger partial charge in [0.1, 0.15) is 5.75 Å². The van der Waals surface area contributed by atoms with Gasteiger partial charge in [-0.05, 0) is 75.1 Å². The molecular weight excluding hydrogens is 404 g/mol. The SMILES string of the molecule is COc1ccc(CCC2CCN(C(=O)CCc3c(C)nc4nc(N)nn4c3C)CC2)cc1. The summed E-state index contributed by atoms with van der Waals surface area (Å²) >= 11 is 0. The Kier molecular flexibility index (Phi) is 6.58. The zero-order chi connectivity index (χ0) is 22.7. The van der Waals surface area contributed by atoms with Gasteiger partial charge in [-0.3, -0.25) is 4.79 Å². The van der Waals surface area contributed by atoms with Crippen LogP contribution in [0.1, 0.15) is 48.2 Å². The summed E-state index contributed by atoms with van der Waals surface area (Å²) in [5.41, 5.74) is 9.92. The Balaban J connectivity index is 1.26. The van der Waals surface area contributed by atoms with Crippen molar-refractivity contribution in [1.29, 1.82) is 0 Å². The number of aryl methyl sites for hydroxylation is 3. The molecule has 0 aliphatic carbocycles. The highest BCUT2D eigenvalue weighted by molar-refractivity contribution is 5.76. The van der Waals surface area contributed by atoms with Gasteiger partial charge in [0.05, 0.1) is 7.11 Å². The van der Waals surface area contributed by atoms with Gasteiger partial charge in [-0.1, -0.05) is 12.1 Å². The van der Waals surface area contributed by atoms with Crippen LogP contribution >= 0.6 is 0 Å². The van der Waals surface area contributed by atoms with Gasteiger partial charge in [-0.2, -0.15) is 9.50 Å². The maximum absolute atomic E-state index is 12.8. The maximum atomic E-state index is 12.8. The van der Waals surface area contributed by atoms with E-state index >= 15 is 0 Å². The average molecular weight is 437 g/mol. The highest BCUT2D eigenvalue weighted by Crippen LogP contribution is 2.24. The van der Waals surface area contributed by atoms with E-state index < -0.39 is 0 Å². The number of likely N-dealkylation sites (tertiary alicyclic amines) is 1. The highest BCUT2D eigenvalue weighted by atomic mass is 16.5. The molecule has 1 fully saturated rings. The summed E-state index contributed by atoms with van der Waals surface area (Å²) in [6.07, 6.45) is 5.52. The second-order valence-corrected chi connectivity index (χ2v) is 8.65. The molecule has 4 rings (SSSR count). The van der Waals surface area contributed by atoms with Gasteiger partial charge in [-0.15, -0.1) is 5.10 Å². The predicted molar refractivity (Wildman–Crippen MR) is 124 cm³/mol. The summed E-state index contributed by atoms with van der Waals surface area (Å²) in [6.45, 7) is 5.62. The maximum Gasteiger partial charge on any atom is 0.254 e. The predicted octanol–water partition coefficient (Wildman–Crippen LogP) is 3.14. The Morgan fingerprint density at radius 2 is 1.84 bits per heavy atom. The van der Waals surface area contributed by atoms with Crippen LogP contribution in [0.2, 0.25) is 0 Å². The minimum atomic E-state index is 0.211. The molecule has 3 aromatic rings. The van der Waals surface area contributed by atoms with Crippen molar-refractivity contribution in [2.24, 2.45) is 5.92 Å². The van der Waals surface area contributed by atoms with E-state index in [0.717, 1.165) is 55.1 Å². The minimum absolute atomic E-state index is 0.211. The number of nitrogens with two attached hydrogens (primary N) is 1. The van der Waals surface area contributed by atoms with Crippen molar-refractivity contribution in [3.05, 3.63) is 46.8 Å². The quantitative estimate of drug-likeness (QED) is 0.611. The molecule has 0 atom stereocenters. The number of amides is 1. The Morgan fingerprint density at radius 1 is 1.12 bits per heavy atom. The fourth-order valence-corrected chi connectivity index (χ4v) is 4.61. The molecule has 0 bridgehead atoms. The van der Waals surface area contributed by atoms with Crippen molar-refractivity contribution in [2.75, 3.05) is 25.9 Å². The molecule has 170 valence electrons. The molecule has 3 heterocycles. The Morgan fingerprint density at radius 3 is 2.53 bits per heavy atom. The van der Waals surface area contributed by atoms with Crippen LogP contribution in [-0.2, 0) is 17.6 Å². The van der Waals surface area contributed by atoms with Crippen LogP contribution < -0.4 is 10.5 Å². The van der Waals surface area contributed by atoms with Gasteiger partial charge in [0.2, 0.25) is 11.9 Å². The number of carbonyl (C=O) groups excluding carboxylic acids is 1. The molecular formula is C24H32N6O2. The first-order chi connectivity index (χ1) is 15.4. The number of carbonyl (C=O) groups is 1. The van der Waals surface area contributed by atoms with E-state index in [4.69, 9.17) is 10.5 Å². The number of benzene rings is 1. The van der Waals surface area contributed by atoms with Crippen molar-refractivity contribution in [3.63, 3.8) is 0 Å². The van der Waals surface area contributed by atoms with Crippen LogP contribution in [-0.4, -0.2) is 50.6 Å². The third-order valence-electron chi connectivity index (χ3n) is 6.62. The van der Waals surface area contributed by atoms with Crippen LogP contribution in [0.5, 0.6) is 5.75 Å². The molecule has 1 aliphatic rings. The molecule has 8 heteroatoms. The lowest BCUT2D eigenvalue weighted by molar-refractivity contribution is -0.132. The number of nitrogens with zero attached hydrogens (tertiary/aromatic N) is 5. The lowest BCUT2D eigenvalue weighted by Gasteiger charge is -2.32. The number of hydrogen-bond acceptors (Lipinski definition) is 6. The van der Waals surface area contributed by atoms with E-state index in [1.165, 1.54) is 12.0 Å². The Hall–Kier alpha value is -3.16. The van der Waals surface area contributed by atoms with Gasteiger partial charge >= 0.3 is 0 Å². The third-order valence-corrected chi connectivity index (χ3v) is 6.62. The molecule has 0 radical (unpaired) electrons. The first-order valence-electron chi connectivity index (χ1n) is 11.3. The van der Waals surface area contributed by atoms with Crippen molar-refractivity contribution < 1.29 is 9.53 Å². The standard InChI is InChI=1S/C24H32N6O2/c1-16-21(17(2)30-24(26-16)27-23(25)28-30)10-11-22(31)29-14-12-19(13-15-29)5-4-18-6-8-20(32-3)9-7-18/h6-9,19H,4-5,10-15H2,1-3H3,(H2,25,28). The fraction of sp³-hybridized carbons (Fsp3) is 0.500. The molecule has 0 unspecified atom stereocenters. The number of aromatic nitrogens is 4. The zero-order valence-corrected chi connectivity index (χ0v) is 19.2. The van der Waals surface area contributed by atoms with Gasteiger partial charge in [0.15, 0.2) is 0 Å². The van der Waals surface area contributed by atoms with E-state index in [-0.39, 0.29) is 11.9 Å². The lowest BCUT2D eigenvalue weighted by Crippen LogP contribution is -2.38. The molecule has 2 aromatic heterocycles. The topological polar surface area (TPSA) is 98.6 Å².